The maximum absolute atomic E-state index is 12.7. The van der Waals surface area contributed by atoms with Gasteiger partial charge in [-0.15, -0.1) is 0 Å². The van der Waals surface area contributed by atoms with E-state index in [1.165, 1.54) is 12.1 Å². The van der Waals surface area contributed by atoms with E-state index in [1.807, 2.05) is 25.3 Å². The number of imidazole rings is 2. The standard InChI is InChI=1S/C24H18F3N5O2/c1-14-2-9-21-28-20(12-32(21)11-14)22(33)31-23-29-18-8-7-17(10-19(18)30-23)34-13-15-3-5-16(6-4-15)24(25,26)27/h2-12H,13H2,1H3,(H2,29,30,31,33). The summed E-state index contributed by atoms with van der Waals surface area (Å²) in [7, 11) is 0. The predicted octanol–water partition coefficient (Wildman–Crippen LogP) is 5.37. The number of benzene rings is 2. The molecule has 3 aromatic heterocycles. The molecule has 0 unspecified atom stereocenters. The Bertz CT molecular complexity index is 1500. The molecule has 34 heavy (non-hydrogen) atoms. The molecule has 1 amide bonds. The van der Waals surface area contributed by atoms with Crippen LogP contribution in [0.3, 0.4) is 0 Å². The maximum Gasteiger partial charge on any atom is 0.416 e. The minimum atomic E-state index is -4.37. The van der Waals surface area contributed by atoms with Crippen molar-refractivity contribution in [2.75, 3.05) is 5.32 Å². The zero-order valence-electron chi connectivity index (χ0n) is 17.8. The van der Waals surface area contributed by atoms with Crippen LogP contribution in [0.2, 0.25) is 0 Å². The number of nitrogens with zero attached hydrogens (tertiary/aromatic N) is 3. The lowest BCUT2D eigenvalue weighted by molar-refractivity contribution is -0.137. The summed E-state index contributed by atoms with van der Waals surface area (Å²) in [5.74, 6) is 0.347. The first-order valence-electron chi connectivity index (χ1n) is 10.3. The summed E-state index contributed by atoms with van der Waals surface area (Å²) < 4.78 is 45.5. The molecular formula is C24H18F3N5O2. The Morgan fingerprint density at radius 3 is 2.62 bits per heavy atom. The molecule has 2 aromatic carbocycles. The molecule has 0 spiro atoms. The van der Waals surface area contributed by atoms with Gasteiger partial charge in [0.2, 0.25) is 5.95 Å². The molecule has 2 N–H and O–H groups in total. The normalized spacial score (nSPS) is 11.8. The van der Waals surface area contributed by atoms with Crippen molar-refractivity contribution < 1.29 is 22.7 Å². The summed E-state index contributed by atoms with van der Waals surface area (Å²) >= 11 is 0. The lowest BCUT2D eigenvalue weighted by atomic mass is 10.1. The van der Waals surface area contributed by atoms with Gasteiger partial charge in [-0.25, -0.2) is 9.97 Å². The second-order valence-electron chi connectivity index (χ2n) is 7.80. The summed E-state index contributed by atoms with van der Waals surface area (Å²) in [4.78, 5) is 24.3. The highest BCUT2D eigenvalue weighted by Crippen LogP contribution is 2.29. The zero-order valence-corrected chi connectivity index (χ0v) is 17.8. The number of aromatic amines is 1. The van der Waals surface area contributed by atoms with E-state index in [2.05, 4.69) is 20.3 Å². The van der Waals surface area contributed by atoms with Crippen LogP contribution >= 0.6 is 0 Å². The number of rotatable bonds is 5. The molecule has 0 radical (unpaired) electrons. The van der Waals surface area contributed by atoms with Crippen molar-refractivity contribution in [3.8, 4) is 5.75 Å². The fraction of sp³-hybridized carbons (Fsp3) is 0.125. The molecule has 5 aromatic rings. The number of carbonyl (C=O) groups excluding carboxylic acids is 1. The van der Waals surface area contributed by atoms with Crippen LogP contribution in [0.25, 0.3) is 16.7 Å². The number of hydrogen-bond donors (Lipinski definition) is 2. The first-order chi connectivity index (χ1) is 16.2. The Balaban J connectivity index is 1.27. The van der Waals surface area contributed by atoms with E-state index < -0.39 is 17.6 Å². The molecular weight excluding hydrogens is 447 g/mol. The first-order valence-corrected chi connectivity index (χ1v) is 10.3. The third kappa shape index (κ3) is 4.42. The molecule has 0 aliphatic carbocycles. The van der Waals surface area contributed by atoms with Crippen LogP contribution < -0.4 is 10.1 Å². The number of carbonyl (C=O) groups is 1. The third-order valence-electron chi connectivity index (χ3n) is 5.20. The van der Waals surface area contributed by atoms with Crippen LogP contribution in [-0.2, 0) is 12.8 Å². The van der Waals surface area contributed by atoms with Gasteiger partial charge in [0.05, 0.1) is 16.6 Å². The minimum absolute atomic E-state index is 0.102. The summed E-state index contributed by atoms with van der Waals surface area (Å²) in [6.07, 6.45) is -0.845. The molecule has 172 valence electrons. The van der Waals surface area contributed by atoms with E-state index in [1.54, 1.807) is 28.8 Å². The van der Waals surface area contributed by atoms with Crippen molar-refractivity contribution in [2.45, 2.75) is 19.7 Å². The Hall–Kier alpha value is -4.34. The average molecular weight is 465 g/mol. The van der Waals surface area contributed by atoms with Crippen molar-refractivity contribution in [1.82, 2.24) is 19.4 Å². The topological polar surface area (TPSA) is 84.3 Å². The van der Waals surface area contributed by atoms with Crippen molar-refractivity contribution in [3.63, 3.8) is 0 Å². The molecule has 0 fully saturated rings. The summed E-state index contributed by atoms with van der Waals surface area (Å²) in [6.45, 7) is 2.06. The summed E-state index contributed by atoms with van der Waals surface area (Å²) in [6, 6.07) is 13.7. The second-order valence-corrected chi connectivity index (χ2v) is 7.80. The fourth-order valence-corrected chi connectivity index (χ4v) is 3.48. The number of fused-ring (bicyclic) bond motifs is 2. The van der Waals surface area contributed by atoms with Gasteiger partial charge in [0.15, 0.2) is 0 Å². The number of H-pyrrole nitrogens is 1. The lowest BCUT2D eigenvalue weighted by Crippen LogP contribution is -2.13. The molecule has 0 saturated carbocycles. The smallest absolute Gasteiger partial charge is 0.416 e. The van der Waals surface area contributed by atoms with Gasteiger partial charge in [0, 0.05) is 18.5 Å². The molecule has 0 aliphatic rings. The first kappa shape index (κ1) is 21.5. The molecule has 0 aliphatic heterocycles. The van der Waals surface area contributed by atoms with Gasteiger partial charge in [-0.2, -0.15) is 13.2 Å². The number of aryl methyl sites for hydroxylation is 1. The Morgan fingerprint density at radius 2 is 1.85 bits per heavy atom. The third-order valence-corrected chi connectivity index (χ3v) is 5.20. The number of pyridine rings is 1. The number of alkyl halides is 3. The van der Waals surface area contributed by atoms with Gasteiger partial charge < -0.3 is 14.1 Å². The molecule has 0 saturated heterocycles. The van der Waals surface area contributed by atoms with Crippen LogP contribution in [0, 0.1) is 6.92 Å². The van der Waals surface area contributed by atoms with Crippen molar-refractivity contribution >= 4 is 28.5 Å². The van der Waals surface area contributed by atoms with Gasteiger partial charge >= 0.3 is 6.18 Å². The molecule has 3 heterocycles. The quantitative estimate of drug-likeness (QED) is 0.366. The number of anilines is 1. The number of halogens is 3. The molecule has 0 bridgehead atoms. The molecule has 10 heteroatoms. The number of hydrogen-bond acceptors (Lipinski definition) is 4. The predicted molar refractivity (Wildman–Crippen MR) is 120 cm³/mol. The number of amides is 1. The van der Waals surface area contributed by atoms with E-state index in [9.17, 15) is 18.0 Å². The van der Waals surface area contributed by atoms with Gasteiger partial charge in [-0.1, -0.05) is 18.2 Å². The number of nitrogens with one attached hydrogen (secondary N) is 2. The Kier molecular flexibility index (Phi) is 5.20. The van der Waals surface area contributed by atoms with Crippen molar-refractivity contribution in [1.29, 1.82) is 0 Å². The van der Waals surface area contributed by atoms with Crippen LogP contribution in [-0.4, -0.2) is 25.3 Å². The van der Waals surface area contributed by atoms with E-state index in [0.717, 1.165) is 17.7 Å². The van der Waals surface area contributed by atoms with Gasteiger partial charge in [0.25, 0.3) is 5.91 Å². The monoisotopic (exact) mass is 465 g/mol. The number of aromatic nitrogens is 4. The highest BCUT2D eigenvalue weighted by atomic mass is 19.4. The van der Waals surface area contributed by atoms with E-state index in [-0.39, 0.29) is 18.2 Å². The van der Waals surface area contributed by atoms with Crippen LogP contribution in [0.15, 0.2) is 67.0 Å². The van der Waals surface area contributed by atoms with E-state index in [4.69, 9.17) is 4.74 Å². The number of ether oxygens (including phenoxy) is 1. The van der Waals surface area contributed by atoms with Crippen molar-refractivity contribution in [2.24, 2.45) is 0 Å². The lowest BCUT2D eigenvalue weighted by Gasteiger charge is -2.09. The zero-order chi connectivity index (χ0) is 23.9. The minimum Gasteiger partial charge on any atom is -0.489 e. The molecule has 7 nitrogen and oxygen atoms in total. The van der Waals surface area contributed by atoms with Crippen molar-refractivity contribution in [3.05, 3.63) is 89.4 Å². The Labute approximate surface area is 191 Å². The van der Waals surface area contributed by atoms with Crippen LogP contribution in [0.5, 0.6) is 5.75 Å². The SMILES string of the molecule is Cc1ccc2nc(C(=O)Nc3nc4cc(OCc5ccc(C(F)(F)F)cc5)ccc4[nH]3)cn2c1. The Morgan fingerprint density at radius 1 is 1.06 bits per heavy atom. The summed E-state index contributed by atoms with van der Waals surface area (Å²) in [5, 5.41) is 2.70. The van der Waals surface area contributed by atoms with E-state index in [0.29, 0.717) is 28.0 Å². The largest absolute Gasteiger partial charge is 0.489 e. The summed E-state index contributed by atoms with van der Waals surface area (Å²) in [5.41, 5.74) is 3.11. The van der Waals surface area contributed by atoms with Gasteiger partial charge in [0.1, 0.15) is 23.7 Å². The van der Waals surface area contributed by atoms with E-state index >= 15 is 0 Å². The van der Waals surface area contributed by atoms with Gasteiger partial charge in [-0.05, 0) is 48.4 Å². The molecule has 5 rings (SSSR count). The maximum atomic E-state index is 12.7. The molecule has 0 atom stereocenters. The van der Waals surface area contributed by atoms with Crippen LogP contribution in [0.1, 0.15) is 27.2 Å². The van der Waals surface area contributed by atoms with Crippen LogP contribution in [0.4, 0.5) is 19.1 Å². The average Bonchev–Trinajstić information content (AvgIpc) is 3.40. The highest BCUT2D eigenvalue weighted by Gasteiger charge is 2.29. The highest BCUT2D eigenvalue weighted by molar-refractivity contribution is 6.03. The van der Waals surface area contributed by atoms with Gasteiger partial charge in [-0.3, -0.25) is 10.1 Å². The fourth-order valence-electron chi connectivity index (χ4n) is 3.48. The second kappa shape index (κ2) is 8.22.